The molecule has 0 spiro atoms. The number of aryl methyl sites for hydroxylation is 1. The molecule has 0 radical (unpaired) electrons. The Morgan fingerprint density at radius 3 is 2.56 bits per heavy atom. The molecule has 0 aliphatic carbocycles. The fraction of sp³-hybridized carbons (Fsp3) is 0.538. The summed E-state index contributed by atoms with van der Waals surface area (Å²) in [7, 11) is 0. The van der Waals surface area contributed by atoms with E-state index in [1.807, 2.05) is 30.0 Å². The minimum absolute atomic E-state index is 0.405. The summed E-state index contributed by atoms with van der Waals surface area (Å²) < 4.78 is 0. The highest BCUT2D eigenvalue weighted by molar-refractivity contribution is 5.59. The van der Waals surface area contributed by atoms with E-state index in [0.29, 0.717) is 0 Å². The van der Waals surface area contributed by atoms with Crippen LogP contribution in [0.15, 0.2) is 18.2 Å². The van der Waals surface area contributed by atoms with E-state index in [1.165, 1.54) is 0 Å². The second kappa shape index (κ2) is 5.75. The van der Waals surface area contributed by atoms with Crippen LogP contribution < -0.4 is 10.6 Å². The number of hydrogen-bond acceptors (Lipinski definition) is 3. The Labute approximate surface area is 97.9 Å². The molecule has 1 aromatic carbocycles. The van der Waals surface area contributed by atoms with Gasteiger partial charge in [0, 0.05) is 17.9 Å². The van der Waals surface area contributed by atoms with E-state index in [9.17, 15) is 5.11 Å². The van der Waals surface area contributed by atoms with E-state index >= 15 is 0 Å². The van der Waals surface area contributed by atoms with Crippen LogP contribution in [0.3, 0.4) is 0 Å². The van der Waals surface area contributed by atoms with Crippen molar-refractivity contribution in [1.29, 1.82) is 0 Å². The largest absolute Gasteiger partial charge is 0.399 e. The zero-order valence-electron chi connectivity index (χ0n) is 10.4. The van der Waals surface area contributed by atoms with Gasteiger partial charge in [-0.3, -0.25) is 0 Å². The predicted octanol–water partition coefficient (Wildman–Crippen LogP) is 2.52. The Kier molecular flexibility index (Phi) is 4.62. The SMILES string of the molecule is CCCC(O)N(CC)c1ccc(N)cc1C. The molecular weight excluding hydrogens is 200 g/mol. The van der Waals surface area contributed by atoms with Crippen molar-refractivity contribution in [2.75, 3.05) is 17.2 Å². The van der Waals surface area contributed by atoms with Crippen LogP contribution in [-0.4, -0.2) is 17.9 Å². The molecule has 0 saturated carbocycles. The molecule has 0 saturated heterocycles. The summed E-state index contributed by atoms with van der Waals surface area (Å²) in [5.74, 6) is 0. The molecular formula is C13H22N2O. The first-order chi connectivity index (χ1) is 7.60. The van der Waals surface area contributed by atoms with Crippen molar-refractivity contribution in [3.63, 3.8) is 0 Å². The molecule has 16 heavy (non-hydrogen) atoms. The summed E-state index contributed by atoms with van der Waals surface area (Å²) in [5, 5.41) is 10.1. The van der Waals surface area contributed by atoms with Gasteiger partial charge in [-0.25, -0.2) is 0 Å². The molecule has 1 atom stereocenters. The standard InChI is InChI=1S/C13H22N2O/c1-4-6-13(16)15(5-2)12-8-7-11(14)9-10(12)3/h7-9,13,16H,4-6,14H2,1-3H3. The van der Waals surface area contributed by atoms with Crippen LogP contribution >= 0.6 is 0 Å². The number of nitrogen functional groups attached to an aromatic ring is 1. The van der Waals surface area contributed by atoms with E-state index in [-0.39, 0.29) is 0 Å². The van der Waals surface area contributed by atoms with Crippen molar-refractivity contribution in [2.45, 2.75) is 39.8 Å². The van der Waals surface area contributed by atoms with Crippen LogP contribution in [0.4, 0.5) is 11.4 Å². The molecule has 1 rings (SSSR count). The summed E-state index contributed by atoms with van der Waals surface area (Å²) in [6.07, 6.45) is 1.36. The lowest BCUT2D eigenvalue weighted by atomic mass is 10.1. The predicted molar refractivity (Wildman–Crippen MR) is 69.5 cm³/mol. The van der Waals surface area contributed by atoms with Gasteiger partial charge in [-0.15, -0.1) is 0 Å². The topological polar surface area (TPSA) is 49.5 Å². The normalized spacial score (nSPS) is 12.5. The van der Waals surface area contributed by atoms with Gasteiger partial charge in [0.05, 0.1) is 0 Å². The molecule has 0 aliphatic heterocycles. The summed E-state index contributed by atoms with van der Waals surface area (Å²) in [6.45, 7) is 6.94. The molecule has 0 fully saturated rings. The number of aliphatic hydroxyl groups is 1. The maximum Gasteiger partial charge on any atom is 0.126 e. The fourth-order valence-corrected chi connectivity index (χ4v) is 1.96. The van der Waals surface area contributed by atoms with Crippen LogP contribution in [0.5, 0.6) is 0 Å². The third kappa shape index (κ3) is 2.89. The van der Waals surface area contributed by atoms with E-state index in [0.717, 1.165) is 36.3 Å². The molecule has 0 aliphatic rings. The zero-order chi connectivity index (χ0) is 12.1. The van der Waals surface area contributed by atoms with Gasteiger partial charge in [0.2, 0.25) is 0 Å². The Morgan fingerprint density at radius 1 is 1.38 bits per heavy atom. The maximum atomic E-state index is 10.1. The molecule has 0 amide bonds. The van der Waals surface area contributed by atoms with Crippen LogP contribution in [-0.2, 0) is 0 Å². The van der Waals surface area contributed by atoms with Crippen LogP contribution in [0.2, 0.25) is 0 Å². The van der Waals surface area contributed by atoms with Crippen molar-refractivity contribution in [1.82, 2.24) is 0 Å². The highest BCUT2D eigenvalue weighted by atomic mass is 16.3. The van der Waals surface area contributed by atoms with E-state index in [1.54, 1.807) is 0 Å². The molecule has 90 valence electrons. The quantitative estimate of drug-likeness (QED) is 0.594. The van der Waals surface area contributed by atoms with Crippen molar-refractivity contribution in [3.05, 3.63) is 23.8 Å². The smallest absolute Gasteiger partial charge is 0.126 e. The van der Waals surface area contributed by atoms with Gasteiger partial charge in [0.15, 0.2) is 0 Å². The van der Waals surface area contributed by atoms with Crippen molar-refractivity contribution in [3.8, 4) is 0 Å². The lowest BCUT2D eigenvalue weighted by molar-refractivity contribution is 0.159. The number of nitrogens with zero attached hydrogens (tertiary/aromatic N) is 1. The fourth-order valence-electron chi connectivity index (χ4n) is 1.96. The molecule has 1 aromatic rings. The van der Waals surface area contributed by atoms with Gasteiger partial charge in [-0.05, 0) is 44.0 Å². The first-order valence-corrected chi connectivity index (χ1v) is 5.91. The Morgan fingerprint density at radius 2 is 2.06 bits per heavy atom. The molecule has 3 heteroatoms. The lowest BCUT2D eigenvalue weighted by Gasteiger charge is -2.30. The molecule has 3 N–H and O–H groups in total. The number of hydrogen-bond donors (Lipinski definition) is 2. The third-order valence-corrected chi connectivity index (χ3v) is 2.78. The van der Waals surface area contributed by atoms with Crippen molar-refractivity contribution < 1.29 is 5.11 Å². The molecule has 0 heterocycles. The Balaban J connectivity index is 2.94. The molecule has 3 nitrogen and oxygen atoms in total. The second-order valence-electron chi connectivity index (χ2n) is 4.10. The summed E-state index contributed by atoms with van der Waals surface area (Å²) in [6, 6.07) is 5.80. The Bertz CT molecular complexity index is 339. The minimum atomic E-state index is -0.405. The van der Waals surface area contributed by atoms with Gasteiger partial charge < -0.3 is 15.7 Å². The summed E-state index contributed by atoms with van der Waals surface area (Å²) >= 11 is 0. The number of aliphatic hydroxyl groups excluding tert-OH is 1. The number of benzene rings is 1. The summed E-state index contributed by atoms with van der Waals surface area (Å²) in [5.41, 5.74) is 8.66. The number of nitrogens with two attached hydrogens (primary N) is 1. The first kappa shape index (κ1) is 12.8. The Hall–Kier alpha value is -1.22. The molecule has 1 unspecified atom stereocenters. The minimum Gasteiger partial charge on any atom is -0.399 e. The highest BCUT2D eigenvalue weighted by Gasteiger charge is 2.15. The average Bonchev–Trinajstić information content (AvgIpc) is 2.22. The van der Waals surface area contributed by atoms with Crippen LogP contribution in [0.1, 0.15) is 32.3 Å². The van der Waals surface area contributed by atoms with Crippen LogP contribution in [0.25, 0.3) is 0 Å². The van der Waals surface area contributed by atoms with Gasteiger partial charge in [0.1, 0.15) is 6.23 Å². The lowest BCUT2D eigenvalue weighted by Crippen LogP contribution is -2.35. The molecule has 0 bridgehead atoms. The number of rotatable bonds is 5. The monoisotopic (exact) mass is 222 g/mol. The van der Waals surface area contributed by atoms with E-state index in [4.69, 9.17) is 5.73 Å². The van der Waals surface area contributed by atoms with Gasteiger partial charge >= 0.3 is 0 Å². The van der Waals surface area contributed by atoms with Crippen molar-refractivity contribution in [2.24, 2.45) is 0 Å². The van der Waals surface area contributed by atoms with Gasteiger partial charge in [-0.2, -0.15) is 0 Å². The van der Waals surface area contributed by atoms with Crippen molar-refractivity contribution >= 4 is 11.4 Å². The second-order valence-corrected chi connectivity index (χ2v) is 4.10. The highest BCUT2D eigenvalue weighted by Crippen LogP contribution is 2.24. The van der Waals surface area contributed by atoms with E-state index in [2.05, 4.69) is 13.8 Å². The van der Waals surface area contributed by atoms with Gasteiger partial charge in [-0.1, -0.05) is 13.3 Å². The van der Waals surface area contributed by atoms with Gasteiger partial charge in [0.25, 0.3) is 0 Å². The average molecular weight is 222 g/mol. The number of anilines is 2. The van der Waals surface area contributed by atoms with E-state index < -0.39 is 6.23 Å². The summed E-state index contributed by atoms with van der Waals surface area (Å²) in [4.78, 5) is 2.01. The maximum absolute atomic E-state index is 10.1. The molecule has 0 aromatic heterocycles. The first-order valence-electron chi connectivity index (χ1n) is 5.91. The third-order valence-electron chi connectivity index (χ3n) is 2.78. The van der Waals surface area contributed by atoms with Crippen LogP contribution in [0, 0.1) is 6.92 Å². The zero-order valence-corrected chi connectivity index (χ0v) is 10.4.